The monoisotopic (exact) mass is 292 g/mol. The highest BCUT2D eigenvalue weighted by atomic mass is 16.5. The Hall–Kier alpha value is -1.31. The SMILES string of the molecule is CCCCCC=CC=CC=CCCCCCCC(=O)OC. The predicted octanol–water partition coefficient (Wildman–Crippen LogP) is 5.75. The molecule has 0 atom stereocenters. The van der Waals surface area contributed by atoms with E-state index in [-0.39, 0.29) is 5.97 Å². The van der Waals surface area contributed by atoms with Gasteiger partial charge in [-0.1, -0.05) is 69.1 Å². The highest BCUT2D eigenvalue weighted by Crippen LogP contribution is 2.06. The summed E-state index contributed by atoms with van der Waals surface area (Å²) in [5.41, 5.74) is 0. The molecule has 2 heteroatoms. The Morgan fingerprint density at radius 2 is 1.38 bits per heavy atom. The number of ether oxygens (including phenoxy) is 1. The summed E-state index contributed by atoms with van der Waals surface area (Å²) in [4.78, 5) is 10.9. The zero-order valence-corrected chi connectivity index (χ0v) is 13.9. The zero-order chi connectivity index (χ0) is 15.6. The molecule has 0 fully saturated rings. The molecule has 0 aliphatic heterocycles. The van der Waals surface area contributed by atoms with Crippen LogP contribution in [-0.4, -0.2) is 13.1 Å². The maximum Gasteiger partial charge on any atom is 0.305 e. The van der Waals surface area contributed by atoms with Crippen molar-refractivity contribution in [3.05, 3.63) is 36.5 Å². The number of esters is 1. The Kier molecular flexibility index (Phi) is 15.7. The second kappa shape index (κ2) is 16.7. The number of rotatable bonds is 13. The van der Waals surface area contributed by atoms with Crippen LogP contribution in [0.25, 0.3) is 0 Å². The molecule has 21 heavy (non-hydrogen) atoms. The van der Waals surface area contributed by atoms with Crippen LogP contribution in [0.3, 0.4) is 0 Å². The van der Waals surface area contributed by atoms with Crippen molar-refractivity contribution in [2.75, 3.05) is 7.11 Å². The van der Waals surface area contributed by atoms with Gasteiger partial charge in [0.2, 0.25) is 0 Å². The maximum atomic E-state index is 10.9. The summed E-state index contributed by atoms with van der Waals surface area (Å²) in [7, 11) is 1.45. The molecule has 0 saturated carbocycles. The van der Waals surface area contributed by atoms with E-state index >= 15 is 0 Å². The Morgan fingerprint density at radius 1 is 0.810 bits per heavy atom. The minimum Gasteiger partial charge on any atom is -0.469 e. The average Bonchev–Trinajstić information content (AvgIpc) is 2.50. The van der Waals surface area contributed by atoms with E-state index in [0.717, 1.165) is 19.3 Å². The van der Waals surface area contributed by atoms with E-state index in [0.29, 0.717) is 6.42 Å². The van der Waals surface area contributed by atoms with E-state index < -0.39 is 0 Å². The topological polar surface area (TPSA) is 26.3 Å². The maximum absolute atomic E-state index is 10.9. The lowest BCUT2D eigenvalue weighted by molar-refractivity contribution is -0.140. The van der Waals surface area contributed by atoms with Crippen molar-refractivity contribution in [2.24, 2.45) is 0 Å². The lowest BCUT2D eigenvalue weighted by atomic mass is 10.1. The normalized spacial score (nSPS) is 11.9. The van der Waals surface area contributed by atoms with Crippen LogP contribution >= 0.6 is 0 Å². The van der Waals surface area contributed by atoms with Crippen molar-refractivity contribution in [3.8, 4) is 0 Å². The Bertz CT molecular complexity index is 314. The lowest BCUT2D eigenvalue weighted by Gasteiger charge is -1.98. The quantitative estimate of drug-likeness (QED) is 0.245. The van der Waals surface area contributed by atoms with Crippen LogP contribution in [-0.2, 0) is 9.53 Å². The Morgan fingerprint density at radius 3 is 1.95 bits per heavy atom. The van der Waals surface area contributed by atoms with Crippen LogP contribution in [0.1, 0.15) is 71.1 Å². The fraction of sp³-hybridized carbons (Fsp3) is 0.632. The molecule has 0 rings (SSSR count). The Labute approximate surface area is 131 Å². The summed E-state index contributed by atoms with van der Waals surface area (Å²) in [6.07, 6.45) is 24.1. The van der Waals surface area contributed by atoms with Crippen LogP contribution in [0.4, 0.5) is 0 Å². The molecule has 0 N–H and O–H groups in total. The van der Waals surface area contributed by atoms with Gasteiger partial charge in [0, 0.05) is 6.42 Å². The van der Waals surface area contributed by atoms with Crippen LogP contribution in [0.2, 0.25) is 0 Å². The molecule has 120 valence electrons. The van der Waals surface area contributed by atoms with Gasteiger partial charge in [0.1, 0.15) is 0 Å². The molecule has 0 aromatic heterocycles. The third kappa shape index (κ3) is 16.6. The summed E-state index contributed by atoms with van der Waals surface area (Å²) in [6, 6.07) is 0. The van der Waals surface area contributed by atoms with E-state index in [4.69, 9.17) is 0 Å². The van der Waals surface area contributed by atoms with Gasteiger partial charge in [-0.2, -0.15) is 0 Å². The molecule has 0 spiro atoms. The van der Waals surface area contributed by atoms with E-state index in [2.05, 4.69) is 48.1 Å². The van der Waals surface area contributed by atoms with Gasteiger partial charge >= 0.3 is 5.97 Å². The third-order valence-electron chi connectivity index (χ3n) is 3.31. The minimum atomic E-state index is -0.0946. The van der Waals surface area contributed by atoms with Gasteiger partial charge in [0.15, 0.2) is 0 Å². The average molecular weight is 292 g/mol. The van der Waals surface area contributed by atoms with Gasteiger partial charge in [0.05, 0.1) is 7.11 Å². The van der Waals surface area contributed by atoms with Gasteiger partial charge in [-0.3, -0.25) is 4.79 Å². The number of carbonyl (C=O) groups excluding carboxylic acids is 1. The molecule has 0 aliphatic carbocycles. The number of allylic oxidation sites excluding steroid dienone is 6. The molecule has 0 saturated heterocycles. The summed E-state index contributed by atoms with van der Waals surface area (Å²) in [5, 5.41) is 0. The van der Waals surface area contributed by atoms with Crippen molar-refractivity contribution >= 4 is 5.97 Å². The predicted molar refractivity (Wildman–Crippen MR) is 91.3 cm³/mol. The molecule has 0 amide bonds. The standard InChI is InChI=1S/C19H32O2/c1-3-4-5-6-7-8-9-10-11-12-13-14-15-16-17-18-19(20)21-2/h7-12H,3-6,13-18H2,1-2H3. The van der Waals surface area contributed by atoms with E-state index in [9.17, 15) is 4.79 Å². The summed E-state index contributed by atoms with van der Waals surface area (Å²) in [5.74, 6) is -0.0946. The number of carbonyl (C=O) groups is 1. The zero-order valence-electron chi connectivity index (χ0n) is 13.9. The minimum absolute atomic E-state index is 0.0946. The molecular weight excluding hydrogens is 260 g/mol. The third-order valence-corrected chi connectivity index (χ3v) is 3.31. The van der Waals surface area contributed by atoms with Crippen LogP contribution in [0.5, 0.6) is 0 Å². The van der Waals surface area contributed by atoms with Gasteiger partial charge in [-0.05, 0) is 32.1 Å². The second-order valence-corrected chi connectivity index (χ2v) is 5.27. The first-order valence-corrected chi connectivity index (χ1v) is 8.36. The fourth-order valence-electron chi connectivity index (χ4n) is 1.98. The number of hydrogen-bond donors (Lipinski definition) is 0. The molecule has 0 aromatic rings. The number of unbranched alkanes of at least 4 members (excludes halogenated alkanes) is 7. The van der Waals surface area contributed by atoms with Crippen molar-refractivity contribution < 1.29 is 9.53 Å². The van der Waals surface area contributed by atoms with Gasteiger partial charge in [-0.15, -0.1) is 0 Å². The van der Waals surface area contributed by atoms with Gasteiger partial charge < -0.3 is 4.74 Å². The van der Waals surface area contributed by atoms with E-state index in [1.807, 2.05) is 0 Å². The van der Waals surface area contributed by atoms with Gasteiger partial charge in [-0.25, -0.2) is 0 Å². The summed E-state index contributed by atoms with van der Waals surface area (Å²) < 4.78 is 4.61. The number of hydrogen-bond acceptors (Lipinski definition) is 2. The molecule has 0 bridgehead atoms. The van der Waals surface area contributed by atoms with Crippen LogP contribution in [0.15, 0.2) is 36.5 Å². The second-order valence-electron chi connectivity index (χ2n) is 5.27. The van der Waals surface area contributed by atoms with Crippen LogP contribution in [0, 0.1) is 0 Å². The molecule has 0 unspecified atom stereocenters. The first-order chi connectivity index (χ1) is 10.3. The smallest absolute Gasteiger partial charge is 0.305 e. The summed E-state index contributed by atoms with van der Waals surface area (Å²) >= 11 is 0. The fourth-order valence-corrected chi connectivity index (χ4v) is 1.98. The number of methoxy groups -OCH3 is 1. The molecule has 2 nitrogen and oxygen atoms in total. The molecule has 0 aromatic carbocycles. The largest absolute Gasteiger partial charge is 0.469 e. The molecule has 0 radical (unpaired) electrons. The van der Waals surface area contributed by atoms with Crippen LogP contribution < -0.4 is 0 Å². The lowest BCUT2D eigenvalue weighted by Crippen LogP contribution is -1.98. The highest BCUT2D eigenvalue weighted by Gasteiger charge is 1.98. The van der Waals surface area contributed by atoms with Crippen molar-refractivity contribution in [2.45, 2.75) is 71.1 Å². The molecule has 0 aliphatic rings. The first kappa shape index (κ1) is 19.7. The highest BCUT2D eigenvalue weighted by molar-refractivity contribution is 5.68. The van der Waals surface area contributed by atoms with Crippen molar-refractivity contribution in [3.63, 3.8) is 0 Å². The van der Waals surface area contributed by atoms with Crippen molar-refractivity contribution in [1.29, 1.82) is 0 Å². The van der Waals surface area contributed by atoms with Crippen molar-refractivity contribution in [1.82, 2.24) is 0 Å². The van der Waals surface area contributed by atoms with Gasteiger partial charge in [0.25, 0.3) is 0 Å². The molecule has 0 heterocycles. The molecular formula is C19H32O2. The Balaban J connectivity index is 3.34. The van der Waals surface area contributed by atoms with E-state index in [1.54, 1.807) is 0 Å². The first-order valence-electron chi connectivity index (χ1n) is 8.36. The summed E-state index contributed by atoms with van der Waals surface area (Å²) in [6.45, 7) is 2.23. The van der Waals surface area contributed by atoms with E-state index in [1.165, 1.54) is 45.6 Å².